The maximum Gasteiger partial charge on any atom is 0.235 e. The molecule has 1 saturated heterocycles. The molecular weight excluding hydrogens is 286 g/mol. The van der Waals surface area contributed by atoms with Crippen molar-refractivity contribution in [3.05, 3.63) is 28.8 Å². The molecule has 0 unspecified atom stereocenters. The molecule has 19 heavy (non-hydrogen) atoms. The van der Waals surface area contributed by atoms with Crippen LogP contribution in [-0.4, -0.2) is 32.4 Å². The van der Waals surface area contributed by atoms with E-state index in [4.69, 9.17) is 16.7 Å². The zero-order valence-corrected chi connectivity index (χ0v) is 11.8. The van der Waals surface area contributed by atoms with Crippen molar-refractivity contribution in [3.8, 4) is 11.8 Å². The van der Waals surface area contributed by atoms with Crippen LogP contribution in [0, 0.1) is 11.8 Å². The van der Waals surface area contributed by atoms with E-state index >= 15 is 0 Å². The second-order valence-electron chi connectivity index (χ2n) is 4.18. The second kappa shape index (κ2) is 5.83. The Labute approximate surface area is 118 Å². The molecule has 0 atom stereocenters. The molecule has 1 N–H and O–H groups in total. The Morgan fingerprint density at radius 2 is 2.21 bits per heavy atom. The molecule has 1 aromatic carbocycles. The van der Waals surface area contributed by atoms with Crippen LogP contribution in [0.25, 0.3) is 0 Å². The summed E-state index contributed by atoms with van der Waals surface area (Å²) in [5, 5.41) is 9.20. The Morgan fingerprint density at radius 1 is 1.42 bits per heavy atom. The number of hydrogen-bond acceptors (Lipinski definition) is 3. The van der Waals surface area contributed by atoms with Crippen molar-refractivity contribution in [2.75, 3.05) is 23.2 Å². The van der Waals surface area contributed by atoms with Gasteiger partial charge in [0.25, 0.3) is 0 Å². The van der Waals surface area contributed by atoms with E-state index in [-0.39, 0.29) is 12.4 Å². The highest BCUT2D eigenvalue weighted by Gasteiger charge is 2.29. The normalized spacial score (nSPS) is 17.1. The predicted molar refractivity (Wildman–Crippen MR) is 75.8 cm³/mol. The summed E-state index contributed by atoms with van der Waals surface area (Å²) < 4.78 is 25.3. The van der Waals surface area contributed by atoms with Crippen LogP contribution < -0.4 is 4.31 Å². The van der Waals surface area contributed by atoms with Crippen molar-refractivity contribution in [2.24, 2.45) is 0 Å². The van der Waals surface area contributed by atoms with Crippen molar-refractivity contribution in [1.29, 1.82) is 0 Å². The lowest BCUT2D eigenvalue weighted by molar-refractivity contribution is 0.305. The first-order chi connectivity index (χ1) is 9.04. The Bertz CT molecular complexity index is 631. The van der Waals surface area contributed by atoms with Gasteiger partial charge in [-0.1, -0.05) is 23.4 Å². The van der Waals surface area contributed by atoms with Gasteiger partial charge >= 0.3 is 0 Å². The van der Waals surface area contributed by atoms with E-state index in [1.165, 1.54) is 4.31 Å². The summed E-state index contributed by atoms with van der Waals surface area (Å²) in [7, 11) is -3.25. The topological polar surface area (TPSA) is 57.6 Å². The molecule has 102 valence electrons. The molecule has 6 heteroatoms. The zero-order valence-electron chi connectivity index (χ0n) is 10.3. The smallest absolute Gasteiger partial charge is 0.235 e. The number of nitrogens with zero attached hydrogens (tertiary/aromatic N) is 1. The monoisotopic (exact) mass is 299 g/mol. The van der Waals surface area contributed by atoms with Crippen LogP contribution in [0.3, 0.4) is 0 Å². The standard InChI is InChI=1S/C13H14ClNO3S/c14-12-6-5-11(4-1-2-8-16)13(10-12)15-7-3-9-19(15,17)18/h5-6,10,16H,2-3,7-9H2. The first-order valence-electron chi connectivity index (χ1n) is 5.94. The summed E-state index contributed by atoms with van der Waals surface area (Å²) in [6.07, 6.45) is 0.965. The molecule has 1 aliphatic heterocycles. The quantitative estimate of drug-likeness (QED) is 0.844. The molecule has 0 aliphatic carbocycles. The third-order valence-corrected chi connectivity index (χ3v) is 4.88. The summed E-state index contributed by atoms with van der Waals surface area (Å²) in [6.45, 7) is 0.440. The van der Waals surface area contributed by atoms with E-state index < -0.39 is 10.0 Å². The molecule has 2 rings (SSSR count). The number of rotatable bonds is 2. The lowest BCUT2D eigenvalue weighted by Gasteiger charge is -2.18. The number of hydrogen-bond donors (Lipinski definition) is 1. The molecule has 0 aromatic heterocycles. The summed E-state index contributed by atoms with van der Waals surface area (Å²) in [5.74, 6) is 5.83. The molecule has 1 aliphatic rings. The Morgan fingerprint density at radius 3 is 2.84 bits per heavy atom. The average Bonchev–Trinajstić information content (AvgIpc) is 2.71. The highest BCUT2D eigenvalue weighted by atomic mass is 35.5. The van der Waals surface area contributed by atoms with Gasteiger partial charge in [0.2, 0.25) is 10.0 Å². The minimum absolute atomic E-state index is 0.0159. The summed E-state index contributed by atoms with van der Waals surface area (Å²) in [5.41, 5.74) is 1.14. The molecule has 1 heterocycles. The van der Waals surface area contributed by atoms with Crippen LogP contribution in [0.2, 0.25) is 5.02 Å². The van der Waals surface area contributed by atoms with Crippen LogP contribution >= 0.6 is 11.6 Å². The van der Waals surface area contributed by atoms with Crippen molar-refractivity contribution >= 4 is 27.3 Å². The molecule has 0 radical (unpaired) electrons. The molecule has 0 amide bonds. The fourth-order valence-electron chi connectivity index (χ4n) is 1.94. The maximum absolute atomic E-state index is 12.0. The van der Waals surface area contributed by atoms with Crippen molar-refractivity contribution in [3.63, 3.8) is 0 Å². The number of benzene rings is 1. The van der Waals surface area contributed by atoms with Crippen LogP contribution in [-0.2, 0) is 10.0 Å². The van der Waals surface area contributed by atoms with Gasteiger partial charge in [0.15, 0.2) is 0 Å². The van der Waals surface area contributed by atoms with Gasteiger partial charge in [-0.15, -0.1) is 0 Å². The molecule has 4 nitrogen and oxygen atoms in total. The fourth-order valence-corrected chi connectivity index (χ4v) is 3.68. The van der Waals surface area contributed by atoms with Crippen LogP contribution in [0.15, 0.2) is 18.2 Å². The fraction of sp³-hybridized carbons (Fsp3) is 0.385. The summed E-state index contributed by atoms with van der Waals surface area (Å²) in [6, 6.07) is 5.00. The van der Waals surface area contributed by atoms with E-state index in [1.54, 1.807) is 18.2 Å². The maximum atomic E-state index is 12.0. The highest BCUT2D eigenvalue weighted by Crippen LogP contribution is 2.29. The number of aliphatic hydroxyl groups excluding tert-OH is 1. The van der Waals surface area contributed by atoms with Gasteiger partial charge in [-0.3, -0.25) is 4.31 Å². The number of sulfonamides is 1. The van der Waals surface area contributed by atoms with Gasteiger partial charge in [-0.25, -0.2) is 8.42 Å². The lowest BCUT2D eigenvalue weighted by atomic mass is 10.1. The highest BCUT2D eigenvalue weighted by molar-refractivity contribution is 7.93. The Kier molecular flexibility index (Phi) is 4.35. The molecule has 0 bridgehead atoms. The van der Waals surface area contributed by atoms with E-state index in [9.17, 15) is 8.42 Å². The number of aliphatic hydroxyl groups is 1. The largest absolute Gasteiger partial charge is 0.395 e. The minimum atomic E-state index is -3.25. The van der Waals surface area contributed by atoms with Crippen LogP contribution in [0.5, 0.6) is 0 Å². The zero-order chi connectivity index (χ0) is 13.9. The Hall–Kier alpha value is -1.22. The Balaban J connectivity index is 2.44. The van der Waals surface area contributed by atoms with Crippen molar-refractivity contribution < 1.29 is 13.5 Å². The molecule has 0 saturated carbocycles. The van der Waals surface area contributed by atoms with Crippen molar-refractivity contribution in [2.45, 2.75) is 12.8 Å². The second-order valence-corrected chi connectivity index (χ2v) is 6.63. The first-order valence-corrected chi connectivity index (χ1v) is 7.93. The molecule has 1 fully saturated rings. The van der Waals surface area contributed by atoms with E-state index in [2.05, 4.69) is 11.8 Å². The molecule has 1 aromatic rings. The van der Waals surface area contributed by atoms with Gasteiger partial charge in [0.05, 0.1) is 18.0 Å². The van der Waals surface area contributed by atoms with Gasteiger partial charge < -0.3 is 5.11 Å². The first kappa shape index (κ1) is 14.2. The van der Waals surface area contributed by atoms with E-state index in [0.717, 1.165) is 0 Å². The van der Waals surface area contributed by atoms with Gasteiger partial charge in [0, 0.05) is 23.6 Å². The summed E-state index contributed by atoms with van der Waals surface area (Å²) in [4.78, 5) is 0. The van der Waals surface area contributed by atoms with Gasteiger partial charge in [-0.2, -0.15) is 0 Å². The number of halogens is 1. The SMILES string of the molecule is O=S1(=O)CCCN1c1cc(Cl)ccc1C#CCCO. The van der Waals surface area contributed by atoms with Gasteiger partial charge in [-0.05, 0) is 24.6 Å². The molecular formula is C13H14ClNO3S. The predicted octanol–water partition coefficient (Wildman–Crippen LogP) is 1.61. The average molecular weight is 300 g/mol. The lowest BCUT2D eigenvalue weighted by Crippen LogP contribution is -2.25. The van der Waals surface area contributed by atoms with Crippen LogP contribution in [0.1, 0.15) is 18.4 Å². The third-order valence-electron chi connectivity index (χ3n) is 2.79. The van der Waals surface area contributed by atoms with Gasteiger partial charge in [0.1, 0.15) is 0 Å². The van der Waals surface area contributed by atoms with Crippen molar-refractivity contribution in [1.82, 2.24) is 0 Å². The number of anilines is 1. The van der Waals surface area contributed by atoms with E-state index in [1.807, 2.05) is 0 Å². The molecule has 0 spiro atoms. The summed E-state index contributed by atoms with van der Waals surface area (Å²) >= 11 is 5.94. The van der Waals surface area contributed by atoms with Crippen LogP contribution in [0.4, 0.5) is 5.69 Å². The van der Waals surface area contributed by atoms with E-state index in [0.29, 0.717) is 35.7 Å². The minimum Gasteiger partial charge on any atom is -0.395 e. The third kappa shape index (κ3) is 3.21.